The fourth-order valence-corrected chi connectivity index (χ4v) is 5.48. The molecule has 6 heteroatoms. The van der Waals surface area contributed by atoms with Gasteiger partial charge in [-0.05, 0) is 60.9 Å². The van der Waals surface area contributed by atoms with Crippen LogP contribution in [0, 0.1) is 0 Å². The lowest BCUT2D eigenvalue weighted by molar-refractivity contribution is 0.0169. The van der Waals surface area contributed by atoms with Crippen LogP contribution < -0.4 is 5.32 Å². The van der Waals surface area contributed by atoms with Crippen LogP contribution in [0.2, 0.25) is 0 Å². The van der Waals surface area contributed by atoms with Crippen molar-refractivity contribution in [3.05, 3.63) is 57.4 Å². The summed E-state index contributed by atoms with van der Waals surface area (Å²) < 4.78 is 5.51. The first-order valence-electron chi connectivity index (χ1n) is 10.6. The van der Waals surface area contributed by atoms with E-state index in [4.69, 9.17) is 4.74 Å². The van der Waals surface area contributed by atoms with Crippen LogP contribution in [0.4, 0.5) is 0 Å². The summed E-state index contributed by atoms with van der Waals surface area (Å²) in [4.78, 5) is 20.2. The van der Waals surface area contributed by atoms with Crippen LogP contribution in [0.5, 0.6) is 0 Å². The van der Waals surface area contributed by atoms with Crippen molar-refractivity contribution >= 4 is 28.1 Å². The average molecular weight is 410 g/mol. The number of morpholine rings is 1. The smallest absolute Gasteiger partial charge is 0.251 e. The van der Waals surface area contributed by atoms with Gasteiger partial charge >= 0.3 is 0 Å². The zero-order valence-electron chi connectivity index (χ0n) is 16.6. The van der Waals surface area contributed by atoms with E-state index in [0.29, 0.717) is 6.54 Å². The average Bonchev–Trinajstić information content (AvgIpc) is 3.42. The summed E-state index contributed by atoms with van der Waals surface area (Å²) in [6.45, 7) is 3.93. The number of nitrogens with zero attached hydrogens (tertiary/aromatic N) is 1. The van der Waals surface area contributed by atoms with Gasteiger partial charge in [0.15, 0.2) is 0 Å². The third-order valence-electron chi connectivity index (χ3n) is 6.17. The molecule has 152 valence electrons. The van der Waals surface area contributed by atoms with Crippen LogP contribution in [0.1, 0.15) is 45.4 Å². The largest absolute Gasteiger partial charge is 0.379 e. The minimum absolute atomic E-state index is 0.00692. The lowest BCUT2D eigenvalue weighted by Gasteiger charge is -2.34. The lowest BCUT2D eigenvalue weighted by atomic mass is 9.95. The number of aryl methyl sites for hydroxylation is 2. The van der Waals surface area contributed by atoms with Crippen LogP contribution >= 0.6 is 11.3 Å². The molecule has 1 aliphatic carbocycles. The molecule has 1 atom stereocenters. The zero-order chi connectivity index (χ0) is 19.6. The Balaban J connectivity index is 1.33. The molecule has 1 saturated heterocycles. The molecule has 0 bridgehead atoms. The van der Waals surface area contributed by atoms with Gasteiger partial charge in [0.1, 0.15) is 0 Å². The molecule has 1 aliphatic heterocycles. The van der Waals surface area contributed by atoms with Gasteiger partial charge in [-0.25, -0.2) is 0 Å². The van der Waals surface area contributed by atoms with E-state index >= 15 is 0 Å². The van der Waals surface area contributed by atoms with Crippen molar-refractivity contribution in [2.45, 2.75) is 31.7 Å². The number of aromatic nitrogens is 1. The second-order valence-electron chi connectivity index (χ2n) is 7.94. The van der Waals surface area contributed by atoms with Gasteiger partial charge in [-0.3, -0.25) is 9.69 Å². The third kappa shape index (κ3) is 3.84. The number of benzene rings is 1. The van der Waals surface area contributed by atoms with Crippen molar-refractivity contribution in [1.29, 1.82) is 0 Å². The second-order valence-corrected chi connectivity index (χ2v) is 8.92. The zero-order valence-corrected chi connectivity index (χ0v) is 17.4. The van der Waals surface area contributed by atoms with E-state index in [1.54, 1.807) is 11.3 Å². The number of H-pyrrole nitrogens is 1. The summed E-state index contributed by atoms with van der Waals surface area (Å²) in [6.07, 6.45) is 4.71. The molecule has 2 aliphatic rings. The summed E-state index contributed by atoms with van der Waals surface area (Å²) in [6, 6.07) is 10.5. The highest BCUT2D eigenvalue weighted by Gasteiger charge is 2.24. The highest BCUT2D eigenvalue weighted by molar-refractivity contribution is 7.10. The van der Waals surface area contributed by atoms with Crippen LogP contribution in [-0.4, -0.2) is 48.6 Å². The molecule has 1 amide bonds. The van der Waals surface area contributed by atoms with Crippen molar-refractivity contribution in [2.24, 2.45) is 0 Å². The first-order chi connectivity index (χ1) is 14.3. The van der Waals surface area contributed by atoms with Crippen molar-refractivity contribution < 1.29 is 9.53 Å². The Hall–Kier alpha value is -2.15. The Bertz CT molecular complexity index is 989. The number of nitrogens with one attached hydrogen (secondary N) is 2. The molecule has 0 saturated carbocycles. The Labute approximate surface area is 175 Å². The number of hydrogen-bond acceptors (Lipinski definition) is 4. The Morgan fingerprint density at radius 1 is 1.21 bits per heavy atom. The van der Waals surface area contributed by atoms with Gasteiger partial charge in [0.05, 0.1) is 19.3 Å². The molecule has 29 heavy (non-hydrogen) atoms. The summed E-state index contributed by atoms with van der Waals surface area (Å²) in [5, 5.41) is 6.52. The number of carbonyl (C=O) groups is 1. The van der Waals surface area contributed by atoms with Gasteiger partial charge in [-0.15, -0.1) is 11.3 Å². The molecule has 1 fully saturated rings. The first kappa shape index (κ1) is 18.9. The number of aromatic amines is 1. The number of fused-ring (bicyclic) bond motifs is 3. The molecular formula is C23H27N3O2S. The van der Waals surface area contributed by atoms with E-state index < -0.39 is 0 Å². The molecule has 3 heterocycles. The van der Waals surface area contributed by atoms with E-state index in [0.717, 1.165) is 50.2 Å². The summed E-state index contributed by atoms with van der Waals surface area (Å²) in [7, 11) is 0. The maximum Gasteiger partial charge on any atom is 0.251 e. The molecule has 0 spiro atoms. The monoisotopic (exact) mass is 409 g/mol. The maximum absolute atomic E-state index is 13.0. The maximum atomic E-state index is 13.0. The van der Waals surface area contributed by atoms with Gasteiger partial charge in [0.2, 0.25) is 0 Å². The molecule has 3 aromatic rings. The highest BCUT2D eigenvalue weighted by Crippen LogP contribution is 2.30. The second kappa shape index (κ2) is 8.30. The highest BCUT2D eigenvalue weighted by atomic mass is 32.1. The van der Waals surface area contributed by atoms with Crippen LogP contribution in [0.3, 0.4) is 0 Å². The first-order valence-corrected chi connectivity index (χ1v) is 11.4. The van der Waals surface area contributed by atoms with Crippen molar-refractivity contribution in [3.8, 4) is 0 Å². The van der Waals surface area contributed by atoms with Gasteiger partial charge in [-0.1, -0.05) is 6.07 Å². The number of carbonyl (C=O) groups excluding carboxylic acids is 1. The number of ether oxygens (including phenoxy) is 1. The van der Waals surface area contributed by atoms with Crippen molar-refractivity contribution in [3.63, 3.8) is 0 Å². The molecule has 2 N–H and O–H groups in total. The Morgan fingerprint density at radius 2 is 2.07 bits per heavy atom. The van der Waals surface area contributed by atoms with Crippen LogP contribution in [-0.2, 0) is 17.6 Å². The van der Waals surface area contributed by atoms with E-state index in [1.807, 2.05) is 6.07 Å². The fraction of sp³-hybridized carbons (Fsp3) is 0.435. The van der Waals surface area contributed by atoms with E-state index in [9.17, 15) is 4.79 Å². The minimum Gasteiger partial charge on any atom is -0.379 e. The summed E-state index contributed by atoms with van der Waals surface area (Å²) in [5.74, 6) is 0.00692. The molecular weight excluding hydrogens is 382 g/mol. The molecule has 1 aromatic carbocycles. The number of rotatable bonds is 5. The predicted molar refractivity (Wildman–Crippen MR) is 117 cm³/mol. The fourth-order valence-electron chi connectivity index (χ4n) is 4.62. The molecule has 2 aromatic heterocycles. The lowest BCUT2D eigenvalue weighted by Crippen LogP contribution is -2.43. The van der Waals surface area contributed by atoms with E-state index in [1.165, 1.54) is 34.4 Å². The minimum atomic E-state index is 0.00692. The topological polar surface area (TPSA) is 57.4 Å². The van der Waals surface area contributed by atoms with Crippen LogP contribution in [0.15, 0.2) is 35.7 Å². The molecule has 1 unspecified atom stereocenters. The van der Waals surface area contributed by atoms with E-state index in [-0.39, 0.29) is 11.9 Å². The van der Waals surface area contributed by atoms with Crippen LogP contribution in [0.25, 0.3) is 10.9 Å². The summed E-state index contributed by atoms with van der Waals surface area (Å²) in [5.41, 5.74) is 4.66. The predicted octanol–water partition coefficient (Wildman–Crippen LogP) is 3.91. The van der Waals surface area contributed by atoms with Gasteiger partial charge in [0, 0.05) is 46.7 Å². The quantitative estimate of drug-likeness (QED) is 0.672. The number of amides is 1. The standard InChI is InChI=1S/C23H27N3O2S/c27-23(16-7-8-20-18(14-16)17-4-1-2-5-19(17)25-20)24-15-21(22-6-3-13-29-22)26-9-11-28-12-10-26/h3,6-8,13-14,21,25H,1-2,4-5,9-12,15H2,(H,24,27). The number of thiophene rings is 1. The van der Waals surface area contributed by atoms with Gasteiger partial charge in [0.25, 0.3) is 5.91 Å². The van der Waals surface area contributed by atoms with E-state index in [2.05, 4.69) is 44.8 Å². The molecule has 0 radical (unpaired) electrons. The van der Waals surface area contributed by atoms with Crippen molar-refractivity contribution in [1.82, 2.24) is 15.2 Å². The summed E-state index contributed by atoms with van der Waals surface area (Å²) >= 11 is 1.75. The molecule has 5 rings (SSSR count). The Kier molecular flexibility index (Phi) is 5.40. The SMILES string of the molecule is O=C(NCC(c1cccs1)N1CCOCC1)c1ccc2[nH]c3c(c2c1)CCCC3. The molecule has 5 nitrogen and oxygen atoms in total. The third-order valence-corrected chi connectivity index (χ3v) is 7.15. The normalized spacial score (nSPS) is 18.5. The number of hydrogen-bond donors (Lipinski definition) is 2. The Morgan fingerprint density at radius 3 is 2.90 bits per heavy atom. The van der Waals surface area contributed by atoms with Gasteiger partial charge < -0.3 is 15.0 Å². The van der Waals surface area contributed by atoms with Crippen molar-refractivity contribution in [2.75, 3.05) is 32.8 Å². The van der Waals surface area contributed by atoms with Gasteiger partial charge in [-0.2, -0.15) is 0 Å².